The largest absolute Gasteiger partial charge is 0.395 e. The van der Waals surface area contributed by atoms with Gasteiger partial charge in [-0.2, -0.15) is 0 Å². The maximum atomic E-state index is 11.4. The topological polar surface area (TPSA) is 45.1 Å². The molecule has 0 radical (unpaired) electrons. The van der Waals surface area contributed by atoms with Gasteiger partial charge in [-0.15, -0.1) is 0 Å². The molecule has 0 aliphatic heterocycles. The summed E-state index contributed by atoms with van der Waals surface area (Å²) in [5, 5.41) is 15.6. The van der Waals surface area contributed by atoms with E-state index in [1.807, 2.05) is 26.4 Å². The molecule has 0 saturated heterocycles. The van der Waals surface area contributed by atoms with E-state index in [-0.39, 0.29) is 11.3 Å². The van der Waals surface area contributed by atoms with Crippen LogP contribution in [0.25, 0.3) is 6.08 Å². The lowest BCUT2D eigenvalue weighted by Gasteiger charge is -2.47. The van der Waals surface area contributed by atoms with Gasteiger partial charge in [-0.25, -0.2) is 0 Å². The number of hydrogen-bond donors (Lipinski definition) is 1. The minimum Gasteiger partial charge on any atom is -0.395 e. The molecule has 0 aromatic heterocycles. The van der Waals surface area contributed by atoms with Crippen LogP contribution in [0.2, 0.25) is 0 Å². The van der Waals surface area contributed by atoms with Crippen molar-refractivity contribution in [2.75, 3.05) is 27.2 Å². The fourth-order valence-corrected chi connectivity index (χ4v) is 4.48. The zero-order valence-corrected chi connectivity index (χ0v) is 16.3. The Hall–Kier alpha value is -1.65. The molecule has 1 aromatic rings. The van der Waals surface area contributed by atoms with Crippen LogP contribution in [0, 0.1) is 11.3 Å². The second-order valence-electron chi connectivity index (χ2n) is 8.38. The van der Waals surface area contributed by atoms with Gasteiger partial charge in [0.2, 0.25) is 0 Å². The molecule has 26 heavy (non-hydrogen) atoms. The van der Waals surface area contributed by atoms with Gasteiger partial charge in [-0.1, -0.05) is 54.1 Å². The zero-order chi connectivity index (χ0) is 18.6. The minimum absolute atomic E-state index is 0.116. The maximum absolute atomic E-state index is 11.4. The molecule has 0 amide bonds. The van der Waals surface area contributed by atoms with Crippen molar-refractivity contribution in [2.24, 2.45) is 16.5 Å². The molecule has 142 valence electrons. The molecule has 4 heteroatoms. The highest BCUT2D eigenvalue weighted by molar-refractivity contribution is 5.63. The number of aliphatic hydroxyl groups is 1. The number of hydrogen-bond acceptors (Lipinski definition) is 4. The SMILES string of the molecule is CN(C)CCON=C[C@H]1CC[C@]2(O)CC(=Cc3ccccc3)CC[C@]12C. The minimum atomic E-state index is -0.633. The molecular formula is C22H32N2O2. The van der Waals surface area contributed by atoms with Gasteiger partial charge in [0.1, 0.15) is 6.61 Å². The number of fused-ring (bicyclic) bond motifs is 1. The lowest BCUT2D eigenvalue weighted by Crippen LogP contribution is -2.48. The molecule has 4 nitrogen and oxygen atoms in total. The van der Waals surface area contributed by atoms with E-state index in [9.17, 15) is 5.11 Å². The second-order valence-corrected chi connectivity index (χ2v) is 8.38. The number of rotatable bonds is 6. The van der Waals surface area contributed by atoms with E-state index in [1.165, 1.54) is 11.1 Å². The molecule has 0 bridgehead atoms. The summed E-state index contributed by atoms with van der Waals surface area (Å²) in [7, 11) is 4.04. The molecule has 2 fully saturated rings. The van der Waals surface area contributed by atoms with Crippen LogP contribution in [-0.4, -0.2) is 49.1 Å². The van der Waals surface area contributed by atoms with Crippen molar-refractivity contribution in [2.45, 2.75) is 44.6 Å². The summed E-state index contributed by atoms with van der Waals surface area (Å²) in [5.74, 6) is 0.283. The Bertz CT molecular complexity index is 655. The predicted octanol–water partition coefficient (Wildman–Crippen LogP) is 3.97. The smallest absolute Gasteiger partial charge is 0.129 e. The summed E-state index contributed by atoms with van der Waals surface area (Å²) < 4.78 is 0. The molecule has 0 heterocycles. The summed E-state index contributed by atoms with van der Waals surface area (Å²) in [6.07, 6.45) is 8.82. The summed E-state index contributed by atoms with van der Waals surface area (Å²) in [4.78, 5) is 7.48. The summed E-state index contributed by atoms with van der Waals surface area (Å²) in [6, 6.07) is 10.4. The van der Waals surface area contributed by atoms with E-state index in [2.05, 4.69) is 47.3 Å². The first kappa shape index (κ1) is 19.1. The average molecular weight is 357 g/mol. The molecule has 1 N–H and O–H groups in total. The van der Waals surface area contributed by atoms with Gasteiger partial charge in [-0.3, -0.25) is 0 Å². The van der Waals surface area contributed by atoms with Crippen LogP contribution in [-0.2, 0) is 4.84 Å². The van der Waals surface area contributed by atoms with E-state index >= 15 is 0 Å². The molecule has 2 aliphatic carbocycles. The highest BCUT2D eigenvalue weighted by Gasteiger charge is 2.57. The standard InChI is InChI=1S/C22H32N2O2/c1-21-11-9-19(15-18-7-5-4-6-8-18)16-22(21,25)12-10-20(21)17-23-26-14-13-24(2)3/h4-8,15,17,20,25H,9-14,16H2,1-3H3/t20-,21-,22+/m1/s1. The maximum Gasteiger partial charge on any atom is 0.129 e. The number of oxime groups is 1. The summed E-state index contributed by atoms with van der Waals surface area (Å²) in [5.41, 5.74) is 1.83. The van der Waals surface area contributed by atoms with Gasteiger partial charge >= 0.3 is 0 Å². The predicted molar refractivity (Wildman–Crippen MR) is 107 cm³/mol. The van der Waals surface area contributed by atoms with Crippen molar-refractivity contribution in [1.29, 1.82) is 0 Å². The van der Waals surface area contributed by atoms with E-state index < -0.39 is 5.60 Å². The van der Waals surface area contributed by atoms with Crippen molar-refractivity contribution in [3.05, 3.63) is 41.5 Å². The molecule has 0 unspecified atom stereocenters. The summed E-state index contributed by atoms with van der Waals surface area (Å²) >= 11 is 0. The van der Waals surface area contributed by atoms with E-state index in [4.69, 9.17) is 4.84 Å². The lowest BCUT2D eigenvalue weighted by atomic mass is 9.61. The molecule has 2 aliphatic rings. The fourth-order valence-electron chi connectivity index (χ4n) is 4.48. The quantitative estimate of drug-likeness (QED) is 0.477. The number of nitrogens with zero attached hydrogens (tertiary/aromatic N) is 2. The van der Waals surface area contributed by atoms with Gasteiger partial charge in [-0.05, 0) is 51.8 Å². The fraction of sp³-hybridized carbons (Fsp3) is 0.591. The average Bonchev–Trinajstić information content (AvgIpc) is 2.86. The third kappa shape index (κ3) is 4.02. The van der Waals surface area contributed by atoms with Crippen molar-refractivity contribution < 1.29 is 9.94 Å². The first-order valence-corrected chi connectivity index (χ1v) is 9.70. The number of likely N-dealkylation sites (N-methyl/N-ethyl adjacent to an activating group) is 1. The highest BCUT2D eigenvalue weighted by atomic mass is 16.6. The Balaban J connectivity index is 1.64. The van der Waals surface area contributed by atoms with Gasteiger partial charge in [0, 0.05) is 24.1 Å². The Morgan fingerprint density at radius 1 is 1.27 bits per heavy atom. The molecule has 0 spiro atoms. The van der Waals surface area contributed by atoms with Crippen LogP contribution in [0.4, 0.5) is 0 Å². The van der Waals surface area contributed by atoms with Gasteiger partial charge in [0.15, 0.2) is 0 Å². The normalized spacial score (nSPS) is 33.1. The lowest BCUT2D eigenvalue weighted by molar-refractivity contribution is -0.0754. The third-order valence-electron chi connectivity index (χ3n) is 6.35. The highest BCUT2D eigenvalue weighted by Crippen LogP contribution is 2.58. The third-order valence-corrected chi connectivity index (χ3v) is 6.35. The molecule has 3 atom stereocenters. The van der Waals surface area contributed by atoms with E-state index in [0.29, 0.717) is 6.61 Å². The van der Waals surface area contributed by atoms with Crippen molar-refractivity contribution in [1.82, 2.24) is 4.90 Å². The molecule has 2 saturated carbocycles. The van der Waals surface area contributed by atoms with Crippen molar-refractivity contribution >= 4 is 12.3 Å². The van der Waals surface area contributed by atoms with Gasteiger partial charge in [0.25, 0.3) is 0 Å². The van der Waals surface area contributed by atoms with E-state index in [0.717, 1.165) is 38.6 Å². The Kier molecular flexibility index (Phi) is 5.83. The second kappa shape index (κ2) is 7.93. The van der Waals surface area contributed by atoms with Crippen LogP contribution >= 0.6 is 0 Å². The van der Waals surface area contributed by atoms with Crippen LogP contribution in [0.5, 0.6) is 0 Å². The van der Waals surface area contributed by atoms with Crippen molar-refractivity contribution in [3.63, 3.8) is 0 Å². The Labute approximate surface area is 157 Å². The summed E-state index contributed by atoms with van der Waals surface area (Å²) in [6.45, 7) is 3.69. The van der Waals surface area contributed by atoms with Crippen molar-refractivity contribution in [3.8, 4) is 0 Å². The molecule has 1 aromatic carbocycles. The van der Waals surface area contributed by atoms with Crippen LogP contribution in [0.1, 0.15) is 44.6 Å². The van der Waals surface area contributed by atoms with Crippen LogP contribution in [0.15, 0.2) is 41.1 Å². The first-order chi connectivity index (χ1) is 12.4. The monoisotopic (exact) mass is 356 g/mol. The Morgan fingerprint density at radius 3 is 2.77 bits per heavy atom. The molecule has 3 rings (SSSR count). The van der Waals surface area contributed by atoms with E-state index in [1.54, 1.807) is 0 Å². The Morgan fingerprint density at radius 2 is 2.04 bits per heavy atom. The zero-order valence-electron chi connectivity index (χ0n) is 16.3. The number of benzene rings is 1. The first-order valence-electron chi connectivity index (χ1n) is 9.70. The van der Waals surface area contributed by atoms with Crippen LogP contribution in [0.3, 0.4) is 0 Å². The van der Waals surface area contributed by atoms with Gasteiger partial charge < -0.3 is 14.8 Å². The van der Waals surface area contributed by atoms with Crippen LogP contribution < -0.4 is 0 Å². The molecular weight excluding hydrogens is 324 g/mol. The van der Waals surface area contributed by atoms with Gasteiger partial charge in [0.05, 0.1) is 5.60 Å².